The first-order chi connectivity index (χ1) is 9.63. The monoisotopic (exact) mass is 288 g/mol. The molecule has 0 unspecified atom stereocenters. The molecule has 1 aromatic carbocycles. The molecule has 0 bridgehead atoms. The van der Waals surface area contributed by atoms with E-state index in [9.17, 15) is 4.79 Å². The van der Waals surface area contributed by atoms with Gasteiger partial charge in [0.25, 0.3) is 5.91 Å². The molecule has 1 heterocycles. The van der Waals surface area contributed by atoms with Gasteiger partial charge in [0.2, 0.25) is 0 Å². The van der Waals surface area contributed by atoms with Crippen LogP contribution in [0.4, 0.5) is 0 Å². The van der Waals surface area contributed by atoms with E-state index < -0.39 is 0 Å². The quantitative estimate of drug-likeness (QED) is 0.849. The summed E-state index contributed by atoms with van der Waals surface area (Å²) in [5, 5.41) is 0. The Balaban J connectivity index is 2.32. The second-order valence-electron chi connectivity index (χ2n) is 4.33. The van der Waals surface area contributed by atoms with Crippen LogP contribution >= 0.6 is 12.2 Å². The summed E-state index contributed by atoms with van der Waals surface area (Å²) in [7, 11) is 0. The first kappa shape index (κ1) is 14.3. The molecule has 5 nitrogen and oxygen atoms in total. The predicted molar refractivity (Wildman–Crippen MR) is 82.5 cm³/mol. The van der Waals surface area contributed by atoms with Crippen molar-refractivity contribution in [3.63, 3.8) is 0 Å². The molecule has 0 atom stereocenters. The molecule has 0 spiro atoms. The molecule has 0 radical (unpaired) electrons. The molecule has 2 aromatic rings. The number of para-hydroxylation sites is 1. The van der Waals surface area contributed by atoms with Gasteiger partial charge in [-0.25, -0.2) is 0 Å². The van der Waals surface area contributed by atoms with Crippen LogP contribution in [0, 0.1) is 0 Å². The minimum Gasteiger partial charge on any atom is -0.393 e. The standard InChI is InChI=1S/C14H16N4OS/c1-2-18(9-6-12(15)20)14(19)10-4-3-5-11-13(10)17-8-7-16-11/h3-5,7-8H,2,6,9H2,1H3,(H2,15,20). The molecule has 104 valence electrons. The van der Waals surface area contributed by atoms with Crippen LogP contribution in [0.3, 0.4) is 0 Å². The molecule has 0 aliphatic carbocycles. The summed E-state index contributed by atoms with van der Waals surface area (Å²) >= 11 is 4.86. The van der Waals surface area contributed by atoms with Gasteiger partial charge in [-0.2, -0.15) is 0 Å². The third-order valence-corrected chi connectivity index (χ3v) is 3.23. The van der Waals surface area contributed by atoms with E-state index in [0.717, 1.165) is 0 Å². The number of hydrogen-bond donors (Lipinski definition) is 1. The van der Waals surface area contributed by atoms with Gasteiger partial charge in [0.05, 0.1) is 16.1 Å². The number of aromatic nitrogens is 2. The summed E-state index contributed by atoms with van der Waals surface area (Å²) in [5.41, 5.74) is 7.38. The number of amides is 1. The van der Waals surface area contributed by atoms with Crippen molar-refractivity contribution in [2.75, 3.05) is 13.1 Å². The third kappa shape index (κ3) is 3.08. The maximum absolute atomic E-state index is 12.6. The SMILES string of the molecule is CCN(CCC(N)=S)C(=O)c1cccc2nccnc12. The molecule has 0 saturated carbocycles. The van der Waals surface area contributed by atoms with Crippen LogP contribution in [-0.2, 0) is 0 Å². The lowest BCUT2D eigenvalue weighted by Gasteiger charge is -2.21. The molecule has 1 amide bonds. The van der Waals surface area contributed by atoms with E-state index in [2.05, 4.69) is 9.97 Å². The Labute approximate surface area is 122 Å². The zero-order valence-corrected chi connectivity index (χ0v) is 12.1. The van der Waals surface area contributed by atoms with E-state index in [0.29, 0.717) is 41.1 Å². The summed E-state index contributed by atoms with van der Waals surface area (Å²) in [6, 6.07) is 5.42. The number of carbonyl (C=O) groups is 1. The Bertz CT molecular complexity index is 639. The van der Waals surface area contributed by atoms with Crippen molar-refractivity contribution in [1.82, 2.24) is 14.9 Å². The number of carbonyl (C=O) groups excluding carboxylic acids is 1. The zero-order valence-electron chi connectivity index (χ0n) is 11.2. The van der Waals surface area contributed by atoms with E-state index in [-0.39, 0.29) is 5.91 Å². The predicted octanol–water partition coefficient (Wildman–Crippen LogP) is 1.77. The summed E-state index contributed by atoms with van der Waals surface area (Å²) in [5.74, 6) is -0.0742. The normalized spacial score (nSPS) is 10.4. The number of fused-ring (bicyclic) bond motifs is 1. The van der Waals surface area contributed by atoms with Gasteiger partial charge in [0.1, 0.15) is 5.52 Å². The van der Waals surface area contributed by atoms with Crippen LogP contribution in [0.5, 0.6) is 0 Å². The molecular weight excluding hydrogens is 272 g/mol. The Kier molecular flexibility index (Phi) is 4.57. The van der Waals surface area contributed by atoms with Crippen molar-refractivity contribution in [2.24, 2.45) is 5.73 Å². The number of hydrogen-bond acceptors (Lipinski definition) is 4. The molecule has 1 aromatic heterocycles. The van der Waals surface area contributed by atoms with Crippen molar-refractivity contribution in [3.05, 3.63) is 36.2 Å². The molecule has 0 fully saturated rings. The number of thiocarbonyl (C=S) groups is 1. The number of rotatable bonds is 5. The van der Waals surface area contributed by atoms with Gasteiger partial charge in [-0.15, -0.1) is 0 Å². The van der Waals surface area contributed by atoms with Crippen LogP contribution in [0.25, 0.3) is 11.0 Å². The van der Waals surface area contributed by atoms with Gasteiger partial charge in [-0.05, 0) is 19.1 Å². The van der Waals surface area contributed by atoms with Crippen molar-refractivity contribution in [2.45, 2.75) is 13.3 Å². The molecule has 0 aliphatic rings. The molecule has 0 aliphatic heterocycles. The van der Waals surface area contributed by atoms with E-state index >= 15 is 0 Å². The van der Waals surface area contributed by atoms with Gasteiger partial charge in [0.15, 0.2) is 0 Å². The highest BCUT2D eigenvalue weighted by atomic mass is 32.1. The van der Waals surface area contributed by atoms with Crippen molar-refractivity contribution in [3.8, 4) is 0 Å². The highest BCUT2D eigenvalue weighted by molar-refractivity contribution is 7.80. The lowest BCUT2D eigenvalue weighted by Crippen LogP contribution is -2.33. The second-order valence-corrected chi connectivity index (χ2v) is 4.86. The van der Waals surface area contributed by atoms with Crippen LogP contribution in [0.1, 0.15) is 23.7 Å². The van der Waals surface area contributed by atoms with Crippen molar-refractivity contribution >= 4 is 34.1 Å². The lowest BCUT2D eigenvalue weighted by molar-refractivity contribution is 0.0770. The summed E-state index contributed by atoms with van der Waals surface area (Å²) in [6.45, 7) is 3.04. The Morgan fingerprint density at radius 1 is 1.35 bits per heavy atom. The van der Waals surface area contributed by atoms with E-state index in [1.54, 1.807) is 23.4 Å². The third-order valence-electron chi connectivity index (χ3n) is 3.03. The van der Waals surface area contributed by atoms with E-state index in [1.807, 2.05) is 19.1 Å². The van der Waals surface area contributed by atoms with Crippen LogP contribution in [0.2, 0.25) is 0 Å². The highest BCUT2D eigenvalue weighted by Gasteiger charge is 2.17. The average Bonchev–Trinajstić information content (AvgIpc) is 2.46. The molecule has 0 saturated heterocycles. The van der Waals surface area contributed by atoms with Crippen LogP contribution < -0.4 is 5.73 Å². The average molecular weight is 288 g/mol. The van der Waals surface area contributed by atoms with Gasteiger partial charge < -0.3 is 10.6 Å². The maximum atomic E-state index is 12.6. The molecular formula is C14H16N4OS. The number of benzene rings is 1. The summed E-state index contributed by atoms with van der Waals surface area (Å²) < 4.78 is 0. The minimum absolute atomic E-state index is 0.0742. The molecule has 2 N–H and O–H groups in total. The fraction of sp³-hybridized carbons (Fsp3) is 0.286. The van der Waals surface area contributed by atoms with Gasteiger partial charge in [-0.1, -0.05) is 18.3 Å². The summed E-state index contributed by atoms with van der Waals surface area (Å²) in [4.78, 5) is 23.2. The van der Waals surface area contributed by atoms with Crippen molar-refractivity contribution in [1.29, 1.82) is 0 Å². The largest absolute Gasteiger partial charge is 0.393 e. The molecule has 20 heavy (non-hydrogen) atoms. The maximum Gasteiger partial charge on any atom is 0.256 e. The highest BCUT2D eigenvalue weighted by Crippen LogP contribution is 2.16. The van der Waals surface area contributed by atoms with E-state index in [1.165, 1.54) is 0 Å². The van der Waals surface area contributed by atoms with Gasteiger partial charge in [-0.3, -0.25) is 14.8 Å². The van der Waals surface area contributed by atoms with Crippen LogP contribution in [0.15, 0.2) is 30.6 Å². The molecule has 6 heteroatoms. The Morgan fingerprint density at radius 2 is 2.10 bits per heavy atom. The smallest absolute Gasteiger partial charge is 0.256 e. The Hall–Kier alpha value is -2.08. The number of nitrogens with two attached hydrogens (primary N) is 1. The first-order valence-corrected chi connectivity index (χ1v) is 6.81. The fourth-order valence-corrected chi connectivity index (χ4v) is 2.08. The summed E-state index contributed by atoms with van der Waals surface area (Å²) in [6.07, 6.45) is 3.72. The lowest BCUT2D eigenvalue weighted by atomic mass is 10.1. The first-order valence-electron chi connectivity index (χ1n) is 6.40. The number of nitrogens with zero attached hydrogens (tertiary/aromatic N) is 3. The van der Waals surface area contributed by atoms with Crippen LogP contribution in [-0.4, -0.2) is 38.9 Å². The fourth-order valence-electron chi connectivity index (χ4n) is 1.98. The van der Waals surface area contributed by atoms with Gasteiger partial charge >= 0.3 is 0 Å². The topological polar surface area (TPSA) is 72.1 Å². The van der Waals surface area contributed by atoms with Gasteiger partial charge in [0, 0.05) is 31.9 Å². The molecule has 2 rings (SSSR count). The van der Waals surface area contributed by atoms with Crippen molar-refractivity contribution < 1.29 is 4.79 Å². The minimum atomic E-state index is -0.0742. The zero-order chi connectivity index (χ0) is 14.5. The second kappa shape index (κ2) is 6.38. The Morgan fingerprint density at radius 3 is 2.80 bits per heavy atom. The van der Waals surface area contributed by atoms with E-state index in [4.69, 9.17) is 18.0 Å².